The fraction of sp³-hybridized carbons (Fsp3) is 0.296. The van der Waals surface area contributed by atoms with Crippen LogP contribution in [0, 0.1) is 11.6 Å². The molecule has 0 bridgehead atoms. The van der Waals surface area contributed by atoms with Gasteiger partial charge >= 0.3 is 0 Å². The highest BCUT2D eigenvalue weighted by molar-refractivity contribution is 6.34. The third-order valence-corrected chi connectivity index (χ3v) is 7.42. The number of halogens is 3. The largest absolute Gasteiger partial charge is 0.488 e. The Bertz CT molecular complexity index is 1320. The van der Waals surface area contributed by atoms with Gasteiger partial charge < -0.3 is 26.2 Å². The Balaban J connectivity index is 1.74. The molecule has 0 saturated carbocycles. The van der Waals surface area contributed by atoms with Crippen LogP contribution in [-0.4, -0.2) is 36.8 Å². The first-order valence-electron chi connectivity index (χ1n) is 11.8. The standard InChI is InChI=1S/C27H26ClF2N3O3/c28-24-18(29)13-19-17(14-27(33-19,21-7-4-10-32-21)15-5-2-1-3-6-15)22(24)23-16(26(31)35)8-9-20(25(23)30)36-12-11-34/h1-3,5-6,8-9,13,21,32-34H,4,7,10-12,14H2,(H2,31,35)/t21-,27?/m0/s1. The molecule has 0 radical (unpaired) electrons. The molecule has 2 aliphatic rings. The molecule has 6 nitrogen and oxygen atoms in total. The molecule has 2 aliphatic heterocycles. The van der Waals surface area contributed by atoms with Crippen molar-refractivity contribution < 1.29 is 23.4 Å². The van der Waals surface area contributed by atoms with Gasteiger partial charge in [-0.1, -0.05) is 41.9 Å². The number of carbonyl (C=O) groups is 1. The highest BCUT2D eigenvalue weighted by Crippen LogP contribution is 2.51. The van der Waals surface area contributed by atoms with Gasteiger partial charge in [-0.15, -0.1) is 0 Å². The summed E-state index contributed by atoms with van der Waals surface area (Å²) >= 11 is 6.50. The van der Waals surface area contributed by atoms with Crippen molar-refractivity contribution in [1.82, 2.24) is 5.32 Å². The molecule has 3 aromatic rings. The number of hydrogen-bond acceptors (Lipinski definition) is 5. The van der Waals surface area contributed by atoms with E-state index in [0.717, 1.165) is 24.9 Å². The fourth-order valence-electron chi connectivity index (χ4n) is 5.48. The number of aliphatic hydroxyl groups is 1. The lowest BCUT2D eigenvalue weighted by atomic mass is 9.78. The van der Waals surface area contributed by atoms with Gasteiger partial charge in [0.05, 0.1) is 22.7 Å². The van der Waals surface area contributed by atoms with Gasteiger partial charge in [0, 0.05) is 29.3 Å². The molecule has 2 heterocycles. The number of nitrogens with two attached hydrogens (primary N) is 1. The number of rotatable bonds is 7. The Morgan fingerprint density at radius 3 is 2.64 bits per heavy atom. The molecule has 0 spiro atoms. The van der Waals surface area contributed by atoms with E-state index in [1.807, 2.05) is 30.3 Å². The number of nitrogens with one attached hydrogen (secondary N) is 2. The maximum absolute atomic E-state index is 15.9. The van der Waals surface area contributed by atoms with Gasteiger partial charge in [-0.2, -0.15) is 0 Å². The molecule has 3 aromatic carbocycles. The van der Waals surface area contributed by atoms with Crippen LogP contribution in [0.5, 0.6) is 5.75 Å². The number of hydrogen-bond donors (Lipinski definition) is 4. The van der Waals surface area contributed by atoms with Gasteiger partial charge in [-0.25, -0.2) is 8.78 Å². The first-order chi connectivity index (χ1) is 17.4. The molecule has 5 N–H and O–H groups in total. The Labute approximate surface area is 212 Å². The van der Waals surface area contributed by atoms with Crippen molar-refractivity contribution in [2.45, 2.75) is 30.8 Å². The number of amides is 1. The van der Waals surface area contributed by atoms with Gasteiger partial charge in [-0.05, 0) is 48.7 Å². The molecule has 1 unspecified atom stereocenters. The Morgan fingerprint density at radius 2 is 1.97 bits per heavy atom. The number of aliphatic hydroxyl groups excluding tert-OH is 1. The molecule has 1 fully saturated rings. The van der Waals surface area contributed by atoms with E-state index in [1.165, 1.54) is 18.2 Å². The molecule has 0 aliphatic carbocycles. The molecule has 0 aromatic heterocycles. The van der Waals surface area contributed by atoms with Gasteiger partial charge in [0.25, 0.3) is 0 Å². The minimum Gasteiger partial charge on any atom is -0.488 e. The van der Waals surface area contributed by atoms with Crippen LogP contribution in [0.25, 0.3) is 11.1 Å². The third-order valence-electron chi connectivity index (χ3n) is 7.06. The summed E-state index contributed by atoms with van der Waals surface area (Å²) < 4.78 is 36.4. The molecule has 5 rings (SSSR count). The zero-order valence-corrected chi connectivity index (χ0v) is 20.2. The number of carbonyl (C=O) groups excluding carboxylic acids is 1. The summed E-state index contributed by atoms with van der Waals surface area (Å²) in [5.41, 5.74) is 6.72. The zero-order chi connectivity index (χ0) is 25.4. The van der Waals surface area contributed by atoms with E-state index in [4.69, 9.17) is 27.2 Å². The van der Waals surface area contributed by atoms with E-state index in [0.29, 0.717) is 17.7 Å². The van der Waals surface area contributed by atoms with Crippen LogP contribution >= 0.6 is 11.6 Å². The predicted octanol–water partition coefficient (Wildman–Crippen LogP) is 4.37. The van der Waals surface area contributed by atoms with Crippen molar-refractivity contribution >= 4 is 23.2 Å². The Morgan fingerprint density at radius 1 is 1.19 bits per heavy atom. The van der Waals surface area contributed by atoms with Crippen LogP contribution in [0.4, 0.5) is 14.5 Å². The van der Waals surface area contributed by atoms with Gasteiger partial charge in [0.1, 0.15) is 12.4 Å². The SMILES string of the molecule is NC(=O)c1ccc(OCCO)c(F)c1-c1c(Cl)c(F)cc2c1CC(c1ccccc1)([C@@H]1CCCN1)N2. The average molecular weight is 514 g/mol. The first kappa shape index (κ1) is 24.5. The monoisotopic (exact) mass is 513 g/mol. The van der Waals surface area contributed by atoms with Gasteiger partial charge in [0.2, 0.25) is 5.91 Å². The Kier molecular flexibility index (Phi) is 6.59. The molecule has 36 heavy (non-hydrogen) atoms. The number of primary amides is 1. The zero-order valence-electron chi connectivity index (χ0n) is 19.4. The van der Waals surface area contributed by atoms with Crippen molar-refractivity contribution in [3.8, 4) is 16.9 Å². The van der Waals surface area contributed by atoms with Crippen LogP contribution < -0.4 is 21.1 Å². The van der Waals surface area contributed by atoms with Crippen LogP contribution in [0.2, 0.25) is 5.02 Å². The highest BCUT2D eigenvalue weighted by Gasteiger charge is 2.47. The summed E-state index contributed by atoms with van der Waals surface area (Å²) in [7, 11) is 0. The minimum absolute atomic E-state index is 0.0293. The summed E-state index contributed by atoms with van der Waals surface area (Å²) in [6.07, 6.45) is 2.26. The first-order valence-corrected chi connectivity index (χ1v) is 12.2. The number of ether oxygens (including phenoxy) is 1. The summed E-state index contributed by atoms with van der Waals surface area (Å²) in [6, 6.07) is 13.8. The van der Waals surface area contributed by atoms with Crippen molar-refractivity contribution in [2.24, 2.45) is 5.73 Å². The second kappa shape index (κ2) is 9.69. The van der Waals surface area contributed by atoms with E-state index in [1.54, 1.807) is 0 Å². The van der Waals surface area contributed by atoms with E-state index < -0.39 is 23.1 Å². The number of fused-ring (bicyclic) bond motifs is 1. The van der Waals surface area contributed by atoms with E-state index in [-0.39, 0.29) is 46.7 Å². The molecule has 1 amide bonds. The number of anilines is 1. The summed E-state index contributed by atoms with van der Waals surface area (Å²) in [5, 5.41) is 15.9. The summed E-state index contributed by atoms with van der Waals surface area (Å²) in [5.74, 6) is -2.73. The highest BCUT2D eigenvalue weighted by atomic mass is 35.5. The lowest BCUT2D eigenvalue weighted by Gasteiger charge is -2.37. The van der Waals surface area contributed by atoms with E-state index in [9.17, 15) is 4.79 Å². The molecule has 2 atom stereocenters. The van der Waals surface area contributed by atoms with Crippen molar-refractivity contribution in [1.29, 1.82) is 0 Å². The maximum Gasteiger partial charge on any atom is 0.249 e. The summed E-state index contributed by atoms with van der Waals surface area (Å²) in [4.78, 5) is 12.3. The van der Waals surface area contributed by atoms with Crippen molar-refractivity contribution in [3.05, 3.63) is 81.9 Å². The third kappa shape index (κ3) is 3.99. The lowest BCUT2D eigenvalue weighted by Crippen LogP contribution is -2.50. The molecule has 1 saturated heterocycles. The summed E-state index contributed by atoms with van der Waals surface area (Å²) in [6.45, 7) is 0.359. The maximum atomic E-state index is 15.9. The van der Waals surface area contributed by atoms with Crippen molar-refractivity contribution in [2.75, 3.05) is 25.1 Å². The van der Waals surface area contributed by atoms with Crippen molar-refractivity contribution in [3.63, 3.8) is 0 Å². The number of benzene rings is 3. The minimum atomic E-state index is -0.898. The second-order valence-corrected chi connectivity index (χ2v) is 9.48. The quantitative estimate of drug-likeness (QED) is 0.376. The van der Waals surface area contributed by atoms with E-state index >= 15 is 8.78 Å². The van der Waals surface area contributed by atoms with E-state index in [2.05, 4.69) is 10.6 Å². The van der Waals surface area contributed by atoms with Crippen LogP contribution in [0.1, 0.15) is 34.3 Å². The molecular formula is C27H26ClF2N3O3. The van der Waals surface area contributed by atoms with Gasteiger partial charge in [-0.3, -0.25) is 4.79 Å². The van der Waals surface area contributed by atoms with Crippen LogP contribution in [0.15, 0.2) is 48.5 Å². The second-order valence-electron chi connectivity index (χ2n) is 9.10. The van der Waals surface area contributed by atoms with Crippen LogP contribution in [-0.2, 0) is 12.0 Å². The topological polar surface area (TPSA) is 96.6 Å². The molecule has 188 valence electrons. The molecule has 9 heteroatoms. The molecular weight excluding hydrogens is 488 g/mol. The van der Waals surface area contributed by atoms with Crippen LogP contribution in [0.3, 0.4) is 0 Å². The average Bonchev–Trinajstić information content (AvgIpc) is 3.54. The van der Waals surface area contributed by atoms with Gasteiger partial charge in [0.15, 0.2) is 11.6 Å². The Hall–Kier alpha value is -3.20. The predicted molar refractivity (Wildman–Crippen MR) is 134 cm³/mol. The smallest absolute Gasteiger partial charge is 0.249 e. The lowest BCUT2D eigenvalue weighted by molar-refractivity contribution is 0.100. The fourth-order valence-corrected chi connectivity index (χ4v) is 5.75. The normalized spacial score (nSPS) is 20.7.